The molecule has 0 unspecified atom stereocenters. The summed E-state index contributed by atoms with van der Waals surface area (Å²) in [5.41, 5.74) is 0. The Bertz CT molecular complexity index is 210. The van der Waals surface area contributed by atoms with E-state index in [1.54, 1.807) is 0 Å². The van der Waals surface area contributed by atoms with E-state index >= 15 is 0 Å². The first kappa shape index (κ1) is 12.3. The maximum atomic E-state index is 9.11. The van der Waals surface area contributed by atoms with Crippen molar-refractivity contribution in [3.05, 3.63) is 0 Å². The molecule has 0 aromatic heterocycles. The van der Waals surface area contributed by atoms with Crippen molar-refractivity contribution in [2.24, 2.45) is 11.8 Å². The van der Waals surface area contributed by atoms with E-state index in [2.05, 4.69) is 11.8 Å². The molecule has 2 rings (SSSR count). The molecule has 2 fully saturated rings. The third-order valence-electron chi connectivity index (χ3n) is 4.21. The number of hydrogen-bond acceptors (Lipinski definition) is 3. The molecule has 1 saturated heterocycles. The first-order valence-electron chi connectivity index (χ1n) is 6.74. The Morgan fingerprint density at radius 3 is 2.88 bits per heavy atom. The predicted molar refractivity (Wildman–Crippen MR) is 64.4 cm³/mol. The lowest BCUT2D eigenvalue weighted by Gasteiger charge is -2.37. The Morgan fingerprint density at radius 2 is 2.12 bits per heavy atom. The van der Waals surface area contributed by atoms with Crippen LogP contribution in [0.5, 0.6) is 0 Å². The summed E-state index contributed by atoms with van der Waals surface area (Å²) in [5.74, 6) is 1.75. The van der Waals surface area contributed by atoms with Crippen molar-refractivity contribution in [1.29, 1.82) is 0 Å². The van der Waals surface area contributed by atoms with Gasteiger partial charge in [-0.1, -0.05) is 26.2 Å². The fourth-order valence-corrected chi connectivity index (χ4v) is 3.05. The second-order valence-corrected chi connectivity index (χ2v) is 5.46. The third-order valence-corrected chi connectivity index (χ3v) is 4.21. The lowest BCUT2D eigenvalue weighted by molar-refractivity contribution is -0.0591. The van der Waals surface area contributed by atoms with Gasteiger partial charge in [-0.2, -0.15) is 0 Å². The van der Waals surface area contributed by atoms with Gasteiger partial charge in [0, 0.05) is 19.6 Å². The van der Waals surface area contributed by atoms with Crippen LogP contribution in [-0.2, 0) is 4.74 Å². The zero-order valence-corrected chi connectivity index (χ0v) is 10.4. The van der Waals surface area contributed by atoms with Crippen molar-refractivity contribution in [3.63, 3.8) is 0 Å². The molecule has 0 bridgehead atoms. The molecule has 3 atom stereocenters. The highest BCUT2D eigenvalue weighted by atomic mass is 16.5. The van der Waals surface area contributed by atoms with E-state index in [0.29, 0.717) is 0 Å². The molecule has 0 amide bonds. The van der Waals surface area contributed by atoms with Crippen molar-refractivity contribution in [2.75, 3.05) is 32.8 Å². The molecule has 2 aliphatic rings. The van der Waals surface area contributed by atoms with Crippen molar-refractivity contribution >= 4 is 0 Å². The van der Waals surface area contributed by atoms with Gasteiger partial charge < -0.3 is 9.84 Å². The molecule has 3 heteroatoms. The number of ether oxygens (including phenoxy) is 1. The molecule has 0 radical (unpaired) electrons. The van der Waals surface area contributed by atoms with Crippen molar-refractivity contribution < 1.29 is 9.84 Å². The lowest BCUT2D eigenvalue weighted by Crippen LogP contribution is -2.46. The number of rotatable bonds is 3. The van der Waals surface area contributed by atoms with Gasteiger partial charge in [-0.25, -0.2) is 0 Å². The van der Waals surface area contributed by atoms with Gasteiger partial charge in [0.15, 0.2) is 0 Å². The summed E-state index contributed by atoms with van der Waals surface area (Å²) < 4.78 is 5.48. The molecular formula is C13H25NO2. The first-order valence-corrected chi connectivity index (χ1v) is 6.74. The zero-order valence-electron chi connectivity index (χ0n) is 10.4. The molecule has 94 valence electrons. The SMILES string of the molecule is C[C@H]1CCCC[C@@H]1CN1CCO[C@@H](CO)C1. The third kappa shape index (κ3) is 3.19. The van der Waals surface area contributed by atoms with Gasteiger partial charge >= 0.3 is 0 Å². The van der Waals surface area contributed by atoms with E-state index in [-0.39, 0.29) is 12.7 Å². The molecule has 3 nitrogen and oxygen atoms in total. The molecule has 1 aliphatic heterocycles. The second kappa shape index (κ2) is 5.99. The van der Waals surface area contributed by atoms with E-state index in [1.807, 2.05) is 0 Å². The first-order chi connectivity index (χ1) is 7.79. The summed E-state index contributed by atoms with van der Waals surface area (Å²) in [6.07, 6.45) is 5.66. The molecule has 1 aliphatic carbocycles. The van der Waals surface area contributed by atoms with Crippen LogP contribution >= 0.6 is 0 Å². The minimum atomic E-state index is 0.0487. The smallest absolute Gasteiger partial charge is 0.0932 e. The molecule has 0 spiro atoms. The van der Waals surface area contributed by atoms with E-state index in [9.17, 15) is 0 Å². The Labute approximate surface area is 98.8 Å². The average molecular weight is 227 g/mol. The minimum Gasteiger partial charge on any atom is -0.394 e. The van der Waals surface area contributed by atoms with Crippen LogP contribution in [0.15, 0.2) is 0 Å². The number of aliphatic hydroxyl groups is 1. The molecule has 0 aromatic rings. The molecular weight excluding hydrogens is 202 g/mol. The Balaban J connectivity index is 1.79. The monoisotopic (exact) mass is 227 g/mol. The normalized spacial score (nSPS) is 37.5. The van der Waals surface area contributed by atoms with Crippen LogP contribution < -0.4 is 0 Å². The van der Waals surface area contributed by atoms with Gasteiger partial charge in [0.05, 0.1) is 19.3 Å². The van der Waals surface area contributed by atoms with Crippen LogP contribution in [0.25, 0.3) is 0 Å². The molecule has 1 saturated carbocycles. The summed E-state index contributed by atoms with van der Waals surface area (Å²) in [5, 5.41) is 9.11. The molecule has 1 heterocycles. The molecule has 16 heavy (non-hydrogen) atoms. The summed E-state index contributed by atoms with van der Waals surface area (Å²) in [4.78, 5) is 2.48. The fraction of sp³-hybridized carbons (Fsp3) is 1.00. The maximum Gasteiger partial charge on any atom is 0.0932 e. The highest BCUT2D eigenvalue weighted by molar-refractivity contribution is 4.78. The average Bonchev–Trinajstić information content (AvgIpc) is 2.32. The predicted octanol–water partition coefficient (Wildman–Crippen LogP) is 1.51. The number of morpholine rings is 1. The molecule has 0 aromatic carbocycles. The van der Waals surface area contributed by atoms with Gasteiger partial charge in [0.2, 0.25) is 0 Å². The molecule has 1 N–H and O–H groups in total. The fourth-order valence-electron chi connectivity index (χ4n) is 3.05. The van der Waals surface area contributed by atoms with E-state index in [4.69, 9.17) is 9.84 Å². The summed E-state index contributed by atoms with van der Waals surface area (Å²) in [6, 6.07) is 0. The number of hydrogen-bond donors (Lipinski definition) is 1. The van der Waals surface area contributed by atoms with Crippen LogP contribution in [0, 0.1) is 11.8 Å². The summed E-state index contributed by atoms with van der Waals surface area (Å²) >= 11 is 0. The summed E-state index contributed by atoms with van der Waals surface area (Å²) in [7, 11) is 0. The van der Waals surface area contributed by atoms with Crippen molar-refractivity contribution in [1.82, 2.24) is 4.90 Å². The van der Waals surface area contributed by atoms with Crippen molar-refractivity contribution in [2.45, 2.75) is 38.7 Å². The van der Waals surface area contributed by atoms with Gasteiger partial charge in [0.1, 0.15) is 0 Å². The number of aliphatic hydroxyl groups excluding tert-OH is 1. The van der Waals surface area contributed by atoms with Gasteiger partial charge in [-0.3, -0.25) is 4.90 Å². The van der Waals surface area contributed by atoms with Crippen LogP contribution in [0.2, 0.25) is 0 Å². The van der Waals surface area contributed by atoms with E-state index < -0.39 is 0 Å². The minimum absolute atomic E-state index is 0.0487. The van der Waals surface area contributed by atoms with Gasteiger partial charge in [0.25, 0.3) is 0 Å². The van der Waals surface area contributed by atoms with E-state index in [0.717, 1.165) is 31.5 Å². The highest BCUT2D eigenvalue weighted by Gasteiger charge is 2.26. The van der Waals surface area contributed by atoms with Gasteiger partial charge in [-0.15, -0.1) is 0 Å². The van der Waals surface area contributed by atoms with Crippen LogP contribution in [-0.4, -0.2) is 49.0 Å². The van der Waals surface area contributed by atoms with Gasteiger partial charge in [-0.05, 0) is 18.3 Å². The van der Waals surface area contributed by atoms with Crippen molar-refractivity contribution in [3.8, 4) is 0 Å². The standard InChI is InChI=1S/C13H25NO2/c1-11-4-2-3-5-12(11)8-14-6-7-16-13(9-14)10-15/h11-13,15H,2-10H2,1H3/t11-,12+,13+/m0/s1. The van der Waals surface area contributed by atoms with Crippen LogP contribution in [0.1, 0.15) is 32.6 Å². The topological polar surface area (TPSA) is 32.7 Å². The second-order valence-electron chi connectivity index (χ2n) is 5.46. The number of nitrogens with zero attached hydrogens (tertiary/aromatic N) is 1. The Morgan fingerprint density at radius 1 is 1.31 bits per heavy atom. The Hall–Kier alpha value is -0.120. The van der Waals surface area contributed by atoms with Crippen LogP contribution in [0.4, 0.5) is 0 Å². The summed E-state index contributed by atoms with van der Waals surface area (Å²) in [6.45, 7) is 6.51. The van der Waals surface area contributed by atoms with E-state index in [1.165, 1.54) is 32.2 Å². The zero-order chi connectivity index (χ0) is 11.4. The largest absolute Gasteiger partial charge is 0.394 e. The lowest BCUT2D eigenvalue weighted by atomic mass is 9.80. The Kier molecular flexibility index (Phi) is 4.62. The quantitative estimate of drug-likeness (QED) is 0.793. The highest BCUT2D eigenvalue weighted by Crippen LogP contribution is 2.30. The van der Waals surface area contributed by atoms with Crippen LogP contribution in [0.3, 0.4) is 0 Å². The maximum absolute atomic E-state index is 9.11.